The van der Waals surface area contributed by atoms with E-state index in [0.29, 0.717) is 27.9 Å². The molecule has 0 spiro atoms. The smallest absolute Gasteiger partial charge is 0.338 e. The Bertz CT molecular complexity index is 1440. The number of amides is 2. The fourth-order valence-electron chi connectivity index (χ4n) is 4.33. The summed E-state index contributed by atoms with van der Waals surface area (Å²) in [6.45, 7) is 2.02. The van der Waals surface area contributed by atoms with E-state index in [1.54, 1.807) is 36.2 Å². The summed E-state index contributed by atoms with van der Waals surface area (Å²) in [5.41, 5.74) is 3.80. The molecule has 10 heteroatoms. The molecule has 3 aromatic carbocycles. The van der Waals surface area contributed by atoms with Crippen LogP contribution in [0.1, 0.15) is 47.3 Å². The monoisotopic (exact) mass is 560 g/mol. The summed E-state index contributed by atoms with van der Waals surface area (Å²) in [6, 6.07) is 23.7. The fourth-order valence-corrected chi connectivity index (χ4v) is 5.51. The molecule has 2 aliphatic heterocycles. The second-order valence-corrected chi connectivity index (χ2v) is 10.5. The quantitative estimate of drug-likeness (QED) is 0.372. The Morgan fingerprint density at radius 1 is 1.05 bits per heavy atom. The normalized spacial score (nSPS) is 18.5. The average Bonchev–Trinajstić information content (AvgIpc) is 3.54. The van der Waals surface area contributed by atoms with Crippen molar-refractivity contribution in [3.05, 3.63) is 101 Å². The molecule has 5 rings (SSSR count). The first kappa shape index (κ1) is 26.6. The number of rotatable bonds is 7. The van der Waals surface area contributed by atoms with Crippen LogP contribution < -0.4 is 5.32 Å². The number of benzene rings is 3. The first-order valence-electron chi connectivity index (χ1n) is 12.4. The van der Waals surface area contributed by atoms with Gasteiger partial charge in [-0.25, -0.2) is 9.80 Å². The second kappa shape index (κ2) is 11.8. The van der Waals surface area contributed by atoms with Crippen molar-refractivity contribution in [1.29, 1.82) is 0 Å². The number of halogens is 1. The standard InChI is InChI=1S/C29H25ClN4O4S/c1-2-38-28(37)20-10-14-22(15-11-20)31-26(35)17-25-27(36)32-29(39-25)34-24(19-8-12-21(30)13-9-19)16-23(33-34)18-6-4-3-5-7-18/h3-15,24-25H,2,16-17H2,1H3,(H,31,35)/t24-,25+/m0/s1. The van der Waals surface area contributed by atoms with Crippen molar-refractivity contribution in [3.8, 4) is 0 Å². The summed E-state index contributed by atoms with van der Waals surface area (Å²) >= 11 is 7.35. The van der Waals surface area contributed by atoms with Crippen molar-refractivity contribution in [3.63, 3.8) is 0 Å². The second-order valence-electron chi connectivity index (χ2n) is 8.92. The highest BCUT2D eigenvalue weighted by Crippen LogP contribution is 2.38. The van der Waals surface area contributed by atoms with E-state index in [4.69, 9.17) is 21.4 Å². The minimum absolute atomic E-state index is 0.0508. The third-order valence-corrected chi connectivity index (χ3v) is 7.64. The maximum atomic E-state index is 12.8. The zero-order valence-corrected chi connectivity index (χ0v) is 22.6. The van der Waals surface area contributed by atoms with Crippen LogP contribution >= 0.6 is 23.4 Å². The summed E-state index contributed by atoms with van der Waals surface area (Å²) in [4.78, 5) is 41.7. The van der Waals surface area contributed by atoms with Crippen molar-refractivity contribution in [1.82, 2.24) is 5.01 Å². The number of amidine groups is 1. The van der Waals surface area contributed by atoms with Gasteiger partial charge in [-0.2, -0.15) is 10.1 Å². The van der Waals surface area contributed by atoms with E-state index >= 15 is 0 Å². The topological polar surface area (TPSA) is 100 Å². The van der Waals surface area contributed by atoms with Crippen LogP contribution in [0.2, 0.25) is 5.02 Å². The van der Waals surface area contributed by atoms with Crippen LogP contribution in [0.4, 0.5) is 5.69 Å². The van der Waals surface area contributed by atoms with Crippen LogP contribution in [0.15, 0.2) is 89.0 Å². The predicted molar refractivity (Wildman–Crippen MR) is 153 cm³/mol. The lowest BCUT2D eigenvalue weighted by molar-refractivity contribution is -0.121. The molecule has 39 heavy (non-hydrogen) atoms. The SMILES string of the molecule is CCOC(=O)c1ccc(NC(=O)C[C@H]2SC(N3N=C(c4ccccc4)C[C@H]3c3ccc(Cl)cc3)=NC2=O)cc1. The number of esters is 1. The van der Waals surface area contributed by atoms with Crippen LogP contribution in [0.25, 0.3) is 0 Å². The van der Waals surface area contributed by atoms with Gasteiger partial charge in [-0.1, -0.05) is 65.8 Å². The fraction of sp³-hybridized carbons (Fsp3) is 0.207. The van der Waals surface area contributed by atoms with Crippen LogP contribution in [0.3, 0.4) is 0 Å². The van der Waals surface area contributed by atoms with Gasteiger partial charge in [-0.3, -0.25) is 9.59 Å². The molecule has 2 heterocycles. The van der Waals surface area contributed by atoms with Gasteiger partial charge in [0.2, 0.25) is 5.91 Å². The number of anilines is 1. The van der Waals surface area contributed by atoms with Crippen LogP contribution in [0, 0.1) is 0 Å². The lowest BCUT2D eigenvalue weighted by atomic mass is 9.99. The zero-order chi connectivity index (χ0) is 27.4. The van der Waals surface area contributed by atoms with Gasteiger partial charge >= 0.3 is 5.97 Å². The van der Waals surface area contributed by atoms with E-state index in [9.17, 15) is 14.4 Å². The number of ether oxygens (including phenoxy) is 1. The number of nitrogens with one attached hydrogen (secondary N) is 1. The largest absolute Gasteiger partial charge is 0.462 e. The number of aliphatic imine (C=N–C) groups is 1. The molecule has 0 radical (unpaired) electrons. The Balaban J connectivity index is 1.28. The molecule has 2 aliphatic rings. The Labute approximate surface area is 235 Å². The minimum Gasteiger partial charge on any atom is -0.462 e. The molecule has 0 unspecified atom stereocenters. The first-order chi connectivity index (χ1) is 18.9. The Morgan fingerprint density at radius 3 is 2.46 bits per heavy atom. The van der Waals surface area contributed by atoms with E-state index in [0.717, 1.165) is 16.8 Å². The summed E-state index contributed by atoms with van der Waals surface area (Å²) in [7, 11) is 0. The van der Waals surface area contributed by atoms with Gasteiger partial charge in [0.15, 0.2) is 5.17 Å². The molecule has 0 saturated carbocycles. The minimum atomic E-state index is -0.666. The first-order valence-corrected chi connectivity index (χ1v) is 13.7. The van der Waals surface area contributed by atoms with Gasteiger partial charge in [0.1, 0.15) is 5.25 Å². The highest BCUT2D eigenvalue weighted by molar-refractivity contribution is 8.15. The Morgan fingerprint density at radius 2 is 1.77 bits per heavy atom. The van der Waals surface area contributed by atoms with Crippen molar-refractivity contribution in [2.45, 2.75) is 31.1 Å². The molecule has 0 aromatic heterocycles. The molecule has 0 bridgehead atoms. The molecular formula is C29H25ClN4O4S. The number of hydrogen-bond acceptors (Lipinski definition) is 7. The molecule has 8 nitrogen and oxygen atoms in total. The third-order valence-electron chi connectivity index (χ3n) is 6.25. The number of nitrogens with zero attached hydrogens (tertiary/aromatic N) is 3. The maximum absolute atomic E-state index is 12.8. The summed E-state index contributed by atoms with van der Waals surface area (Å²) in [6.07, 6.45) is 0.581. The molecule has 2 amide bonds. The van der Waals surface area contributed by atoms with Gasteiger partial charge < -0.3 is 10.1 Å². The van der Waals surface area contributed by atoms with E-state index in [1.807, 2.05) is 54.6 Å². The van der Waals surface area contributed by atoms with Crippen molar-refractivity contribution in [2.24, 2.45) is 10.1 Å². The Hall–Kier alpha value is -3.95. The molecule has 3 aromatic rings. The van der Waals surface area contributed by atoms with Gasteiger partial charge in [-0.15, -0.1) is 0 Å². The molecule has 1 N–H and O–H groups in total. The molecule has 0 saturated heterocycles. The van der Waals surface area contributed by atoms with Crippen molar-refractivity contribution >= 4 is 57.7 Å². The van der Waals surface area contributed by atoms with Gasteiger partial charge in [0, 0.05) is 23.6 Å². The van der Waals surface area contributed by atoms with E-state index in [1.165, 1.54) is 11.8 Å². The van der Waals surface area contributed by atoms with Gasteiger partial charge in [0.25, 0.3) is 5.91 Å². The molecule has 0 fully saturated rings. The zero-order valence-electron chi connectivity index (χ0n) is 21.0. The summed E-state index contributed by atoms with van der Waals surface area (Å²) in [5, 5.41) is 9.83. The summed E-state index contributed by atoms with van der Waals surface area (Å²) in [5.74, 6) is -1.13. The number of carbonyl (C=O) groups excluding carboxylic acids is 3. The van der Waals surface area contributed by atoms with E-state index in [-0.39, 0.29) is 30.9 Å². The number of hydrogen-bond donors (Lipinski definition) is 1. The van der Waals surface area contributed by atoms with E-state index < -0.39 is 11.2 Å². The third kappa shape index (κ3) is 6.21. The number of hydrazone groups is 1. The molecule has 0 aliphatic carbocycles. The number of thioether (sulfide) groups is 1. The van der Waals surface area contributed by atoms with Crippen molar-refractivity contribution < 1.29 is 19.1 Å². The highest BCUT2D eigenvalue weighted by atomic mass is 35.5. The highest BCUT2D eigenvalue weighted by Gasteiger charge is 2.39. The van der Waals surface area contributed by atoms with Gasteiger partial charge in [0.05, 0.1) is 23.9 Å². The molecular weight excluding hydrogens is 536 g/mol. The predicted octanol–water partition coefficient (Wildman–Crippen LogP) is 5.69. The number of carbonyl (C=O) groups is 3. The molecule has 198 valence electrons. The lowest BCUT2D eigenvalue weighted by Gasteiger charge is -2.23. The lowest BCUT2D eigenvalue weighted by Crippen LogP contribution is -2.25. The van der Waals surface area contributed by atoms with Crippen LogP contribution in [0.5, 0.6) is 0 Å². The van der Waals surface area contributed by atoms with Crippen LogP contribution in [-0.4, -0.2) is 45.5 Å². The summed E-state index contributed by atoms with van der Waals surface area (Å²) < 4.78 is 4.98. The van der Waals surface area contributed by atoms with E-state index in [2.05, 4.69) is 10.3 Å². The van der Waals surface area contributed by atoms with Gasteiger partial charge in [-0.05, 0) is 54.4 Å². The average molecular weight is 561 g/mol. The Kier molecular flexibility index (Phi) is 8.09. The molecule has 2 atom stereocenters. The maximum Gasteiger partial charge on any atom is 0.338 e. The van der Waals surface area contributed by atoms with Crippen LogP contribution in [-0.2, 0) is 14.3 Å². The van der Waals surface area contributed by atoms with Crippen molar-refractivity contribution in [2.75, 3.05) is 11.9 Å².